The molecule has 3 rings (SSSR count). The summed E-state index contributed by atoms with van der Waals surface area (Å²) in [6.45, 7) is 6.56. The molecule has 2 aromatic rings. The lowest BCUT2D eigenvalue weighted by Crippen LogP contribution is -2.58. The number of carbonyl (C=O) groups excluding carboxylic acids is 3. The summed E-state index contributed by atoms with van der Waals surface area (Å²) in [5.74, 6) is -2.87. The highest BCUT2D eigenvalue weighted by Gasteiger charge is 2.49. The molecule has 0 unspecified atom stereocenters. The zero-order chi connectivity index (χ0) is 28.6. The van der Waals surface area contributed by atoms with Gasteiger partial charge in [-0.15, -0.1) is 11.8 Å². The van der Waals surface area contributed by atoms with Gasteiger partial charge in [0.15, 0.2) is 6.10 Å². The molecular weight excluding hydrogens is 528 g/mol. The van der Waals surface area contributed by atoms with Crippen LogP contribution in [0, 0.1) is 11.6 Å². The van der Waals surface area contributed by atoms with E-state index in [2.05, 4.69) is 17.2 Å². The van der Waals surface area contributed by atoms with E-state index < -0.39 is 59.0 Å². The molecule has 3 N–H and O–H groups in total. The van der Waals surface area contributed by atoms with E-state index in [1.807, 2.05) is 30.3 Å². The quantitative estimate of drug-likeness (QED) is 0.363. The predicted molar refractivity (Wildman–Crippen MR) is 145 cm³/mol. The Balaban J connectivity index is 1.76. The van der Waals surface area contributed by atoms with Crippen molar-refractivity contribution in [3.8, 4) is 0 Å². The fourth-order valence-electron chi connectivity index (χ4n) is 4.33. The van der Waals surface area contributed by atoms with Gasteiger partial charge in [-0.2, -0.15) is 0 Å². The fraction of sp³-hybridized carbons (Fsp3) is 0.393. The number of hydrogen-bond donors (Lipinski definition) is 3. The minimum atomic E-state index is -1.68. The van der Waals surface area contributed by atoms with E-state index in [0.717, 1.165) is 17.7 Å². The maximum Gasteiger partial charge on any atom is 0.407 e. The van der Waals surface area contributed by atoms with Crippen LogP contribution >= 0.6 is 11.8 Å². The Bertz CT molecular complexity index is 1160. The molecule has 0 saturated carbocycles. The molecule has 1 fully saturated rings. The molecule has 1 aliphatic heterocycles. The molecular formula is C28H33F2N3O5S. The number of halogens is 2. The number of aryl methyl sites for hydroxylation is 1. The van der Waals surface area contributed by atoms with E-state index in [4.69, 9.17) is 4.74 Å². The number of amides is 3. The SMILES string of the molecule is C=CCOC(=O)N[C@@H](CCc1ccccc1)[C@H](O)C(=O)N1CSC(C)(C)[C@H]1C(=O)NCc1c(F)cccc1F. The van der Waals surface area contributed by atoms with Gasteiger partial charge in [0.2, 0.25) is 5.91 Å². The summed E-state index contributed by atoms with van der Waals surface area (Å²) in [5, 5.41) is 16.2. The Morgan fingerprint density at radius 3 is 2.49 bits per heavy atom. The van der Waals surface area contributed by atoms with Crippen LogP contribution in [-0.4, -0.2) is 63.3 Å². The van der Waals surface area contributed by atoms with E-state index in [1.54, 1.807) is 13.8 Å². The number of rotatable bonds is 11. The van der Waals surface area contributed by atoms with Crippen molar-refractivity contribution < 1.29 is 33.0 Å². The normalized spacial score (nSPS) is 17.7. The van der Waals surface area contributed by atoms with Crippen molar-refractivity contribution in [3.05, 3.63) is 83.9 Å². The van der Waals surface area contributed by atoms with Crippen LogP contribution < -0.4 is 10.6 Å². The Kier molecular flexibility index (Phi) is 10.5. The summed E-state index contributed by atoms with van der Waals surface area (Å²) in [6.07, 6.45) is -0.444. The maximum absolute atomic E-state index is 14.1. The van der Waals surface area contributed by atoms with Gasteiger partial charge in [-0.05, 0) is 44.4 Å². The molecule has 0 aromatic heterocycles. The van der Waals surface area contributed by atoms with Crippen molar-refractivity contribution >= 4 is 29.7 Å². The third kappa shape index (κ3) is 7.79. The van der Waals surface area contributed by atoms with Gasteiger partial charge in [0.05, 0.1) is 11.9 Å². The van der Waals surface area contributed by atoms with Gasteiger partial charge in [-0.3, -0.25) is 9.59 Å². The third-order valence-corrected chi connectivity index (χ3v) is 7.81. The first-order valence-corrected chi connectivity index (χ1v) is 13.4. The minimum absolute atomic E-state index is 0.0525. The van der Waals surface area contributed by atoms with Gasteiger partial charge in [-0.25, -0.2) is 13.6 Å². The van der Waals surface area contributed by atoms with Crippen molar-refractivity contribution in [1.82, 2.24) is 15.5 Å². The van der Waals surface area contributed by atoms with Gasteiger partial charge in [0.25, 0.3) is 5.91 Å². The predicted octanol–water partition coefficient (Wildman–Crippen LogP) is 3.54. The van der Waals surface area contributed by atoms with Gasteiger partial charge in [0, 0.05) is 16.9 Å². The second-order valence-corrected chi connectivity index (χ2v) is 11.2. The van der Waals surface area contributed by atoms with Crippen LogP contribution in [0.5, 0.6) is 0 Å². The lowest BCUT2D eigenvalue weighted by Gasteiger charge is -2.33. The Labute approximate surface area is 230 Å². The average Bonchev–Trinajstić information content (AvgIpc) is 3.23. The Morgan fingerprint density at radius 2 is 1.85 bits per heavy atom. The van der Waals surface area contributed by atoms with E-state index in [9.17, 15) is 28.3 Å². The van der Waals surface area contributed by atoms with Crippen LogP contribution in [0.15, 0.2) is 61.2 Å². The van der Waals surface area contributed by atoms with E-state index in [1.165, 1.54) is 28.8 Å². The highest BCUT2D eigenvalue weighted by atomic mass is 32.2. The van der Waals surface area contributed by atoms with E-state index >= 15 is 0 Å². The number of thioether (sulfide) groups is 1. The summed E-state index contributed by atoms with van der Waals surface area (Å²) < 4.78 is 32.3. The number of aliphatic hydroxyl groups excluding tert-OH is 1. The number of nitrogens with one attached hydrogen (secondary N) is 2. The second-order valence-electron chi connectivity index (χ2n) is 9.61. The van der Waals surface area contributed by atoms with E-state index in [0.29, 0.717) is 6.42 Å². The van der Waals surface area contributed by atoms with Crippen LogP contribution in [0.3, 0.4) is 0 Å². The van der Waals surface area contributed by atoms with Gasteiger partial charge >= 0.3 is 6.09 Å². The lowest BCUT2D eigenvalue weighted by atomic mass is 9.97. The molecule has 210 valence electrons. The molecule has 39 heavy (non-hydrogen) atoms. The van der Waals surface area contributed by atoms with Crippen molar-refractivity contribution in [3.63, 3.8) is 0 Å². The van der Waals surface area contributed by atoms with Gasteiger partial charge < -0.3 is 25.4 Å². The number of hydrogen-bond acceptors (Lipinski definition) is 6. The highest BCUT2D eigenvalue weighted by Crippen LogP contribution is 2.40. The average molecular weight is 562 g/mol. The molecule has 2 aromatic carbocycles. The minimum Gasteiger partial charge on any atom is -0.445 e. The smallest absolute Gasteiger partial charge is 0.407 e. The van der Waals surface area contributed by atoms with Crippen molar-refractivity contribution in [2.75, 3.05) is 12.5 Å². The molecule has 3 atom stereocenters. The first-order chi connectivity index (χ1) is 18.5. The van der Waals surface area contributed by atoms with Gasteiger partial charge in [0.1, 0.15) is 24.3 Å². The second kappa shape index (κ2) is 13.6. The maximum atomic E-state index is 14.1. The number of benzene rings is 2. The molecule has 8 nitrogen and oxygen atoms in total. The topological polar surface area (TPSA) is 108 Å². The molecule has 0 radical (unpaired) electrons. The Hall–Kier alpha value is -3.44. The van der Waals surface area contributed by atoms with Crippen LogP contribution in [0.2, 0.25) is 0 Å². The third-order valence-electron chi connectivity index (χ3n) is 6.43. The molecule has 1 saturated heterocycles. The number of nitrogens with zero attached hydrogens (tertiary/aromatic N) is 1. The summed E-state index contributed by atoms with van der Waals surface area (Å²) in [5.41, 5.74) is 0.648. The number of alkyl carbamates (subject to hydrolysis) is 1. The van der Waals surface area contributed by atoms with Crippen LogP contribution in [0.25, 0.3) is 0 Å². The monoisotopic (exact) mass is 561 g/mol. The Morgan fingerprint density at radius 1 is 1.18 bits per heavy atom. The summed E-state index contributed by atoms with van der Waals surface area (Å²) >= 11 is 1.33. The van der Waals surface area contributed by atoms with Crippen LogP contribution in [-0.2, 0) is 27.3 Å². The lowest BCUT2D eigenvalue weighted by molar-refractivity contribution is -0.147. The van der Waals surface area contributed by atoms with Crippen molar-refractivity contribution in [1.29, 1.82) is 0 Å². The molecule has 0 bridgehead atoms. The molecule has 0 aliphatic carbocycles. The fourth-order valence-corrected chi connectivity index (χ4v) is 5.47. The summed E-state index contributed by atoms with van der Waals surface area (Å²) in [7, 11) is 0. The zero-order valence-electron chi connectivity index (χ0n) is 21.9. The van der Waals surface area contributed by atoms with Gasteiger partial charge in [-0.1, -0.05) is 49.1 Å². The summed E-state index contributed by atoms with van der Waals surface area (Å²) in [4.78, 5) is 40.3. The van der Waals surface area contributed by atoms with Crippen LogP contribution in [0.1, 0.15) is 31.4 Å². The molecule has 3 amide bonds. The van der Waals surface area contributed by atoms with Crippen molar-refractivity contribution in [2.24, 2.45) is 0 Å². The van der Waals surface area contributed by atoms with Crippen molar-refractivity contribution in [2.45, 2.75) is 56.2 Å². The molecule has 1 heterocycles. The van der Waals surface area contributed by atoms with E-state index in [-0.39, 0.29) is 24.5 Å². The highest BCUT2D eigenvalue weighted by molar-refractivity contribution is 8.00. The first-order valence-electron chi connectivity index (χ1n) is 12.5. The summed E-state index contributed by atoms with van der Waals surface area (Å²) in [6, 6.07) is 10.7. The molecule has 11 heteroatoms. The first kappa shape index (κ1) is 30.1. The molecule has 1 aliphatic rings. The standard InChI is InChI=1S/C28H33F2N3O5S/c1-4-15-38-27(37)32-22(14-13-18-9-6-5-7-10-18)23(34)26(36)33-17-39-28(2,3)24(33)25(35)31-16-19-20(29)11-8-12-21(19)30/h4-12,22-24,34H,1,13-17H2,2-3H3,(H,31,35)(H,32,37)/t22-,23-,24+/m0/s1. The number of aliphatic hydroxyl groups is 1. The largest absolute Gasteiger partial charge is 0.445 e. The number of ether oxygens (including phenoxy) is 1. The zero-order valence-corrected chi connectivity index (χ0v) is 22.7. The molecule has 0 spiro atoms. The van der Waals surface area contributed by atoms with Crippen LogP contribution in [0.4, 0.5) is 13.6 Å². The number of carbonyl (C=O) groups is 3.